The number of aromatic nitrogens is 4. The molecule has 2 aliphatic carbocycles. The zero-order chi connectivity index (χ0) is 18.9. The summed E-state index contributed by atoms with van der Waals surface area (Å²) >= 11 is 0. The predicted octanol–water partition coefficient (Wildman–Crippen LogP) is 2.26. The third-order valence-corrected chi connectivity index (χ3v) is 6.53. The normalized spacial score (nSPS) is 21.3. The molecule has 0 aromatic carbocycles. The van der Waals surface area contributed by atoms with Crippen molar-refractivity contribution < 1.29 is 9.32 Å². The summed E-state index contributed by atoms with van der Waals surface area (Å²) in [5.41, 5.74) is 0.479. The predicted molar refractivity (Wildman–Crippen MR) is 102 cm³/mol. The van der Waals surface area contributed by atoms with E-state index in [9.17, 15) is 4.79 Å². The largest absolute Gasteiger partial charge is 0.343 e. The number of imidazole rings is 1. The maximum absolute atomic E-state index is 12.5. The fraction of sp³-hybridized carbons (Fsp3) is 0.700. The summed E-state index contributed by atoms with van der Waals surface area (Å²) in [6.45, 7) is 3.26. The lowest BCUT2D eigenvalue weighted by Crippen LogP contribution is -2.35. The molecule has 1 aliphatic heterocycles. The van der Waals surface area contributed by atoms with E-state index in [0.29, 0.717) is 23.3 Å². The lowest BCUT2D eigenvalue weighted by molar-refractivity contribution is 0.0944. The van der Waals surface area contributed by atoms with E-state index < -0.39 is 0 Å². The number of amides is 1. The van der Waals surface area contributed by atoms with E-state index in [4.69, 9.17) is 4.52 Å². The smallest absolute Gasteiger partial charge is 0.271 e. The molecule has 0 radical (unpaired) electrons. The highest BCUT2D eigenvalue weighted by molar-refractivity contribution is 5.92. The van der Waals surface area contributed by atoms with Gasteiger partial charge in [-0.25, -0.2) is 4.98 Å². The molecule has 150 valence electrons. The van der Waals surface area contributed by atoms with Gasteiger partial charge in [0, 0.05) is 44.2 Å². The Bertz CT molecular complexity index is 808. The number of carbonyl (C=O) groups is 1. The molecule has 28 heavy (non-hydrogen) atoms. The molecule has 1 amide bonds. The molecule has 3 heterocycles. The van der Waals surface area contributed by atoms with Crippen LogP contribution in [0.4, 0.5) is 0 Å². The average Bonchev–Trinajstić information content (AvgIpc) is 3.39. The summed E-state index contributed by atoms with van der Waals surface area (Å²) in [4.78, 5) is 24.1. The van der Waals surface area contributed by atoms with Crippen molar-refractivity contribution in [2.45, 2.75) is 76.4 Å². The number of hydrogen-bond donors (Lipinski definition) is 1. The van der Waals surface area contributed by atoms with Crippen LogP contribution in [0.3, 0.4) is 0 Å². The van der Waals surface area contributed by atoms with Crippen LogP contribution in [0.2, 0.25) is 0 Å². The molecule has 0 unspecified atom stereocenters. The zero-order valence-corrected chi connectivity index (χ0v) is 16.3. The Hall–Kier alpha value is -2.22. The lowest BCUT2D eigenvalue weighted by atomic mass is 9.85. The van der Waals surface area contributed by atoms with Crippen LogP contribution in [0.15, 0.2) is 10.7 Å². The number of fused-ring (bicyclic) bond motifs is 1. The van der Waals surface area contributed by atoms with Crippen LogP contribution in [-0.4, -0.2) is 49.6 Å². The van der Waals surface area contributed by atoms with Crippen molar-refractivity contribution in [2.24, 2.45) is 0 Å². The quantitative estimate of drug-likeness (QED) is 0.851. The molecule has 0 atom stereocenters. The van der Waals surface area contributed by atoms with Crippen molar-refractivity contribution in [3.05, 3.63) is 29.4 Å². The van der Waals surface area contributed by atoms with Gasteiger partial charge in [-0.3, -0.25) is 9.69 Å². The topological polar surface area (TPSA) is 89.1 Å². The van der Waals surface area contributed by atoms with Crippen LogP contribution in [-0.2, 0) is 19.5 Å². The summed E-state index contributed by atoms with van der Waals surface area (Å²) < 4.78 is 7.45. The van der Waals surface area contributed by atoms with E-state index >= 15 is 0 Å². The molecule has 3 aliphatic rings. The van der Waals surface area contributed by atoms with E-state index in [-0.39, 0.29) is 12.5 Å². The highest BCUT2D eigenvalue weighted by atomic mass is 16.5. The summed E-state index contributed by atoms with van der Waals surface area (Å²) in [5, 5.41) is 6.85. The molecule has 8 nitrogen and oxygen atoms in total. The highest BCUT2D eigenvalue weighted by Gasteiger charge is 2.27. The third kappa shape index (κ3) is 3.57. The van der Waals surface area contributed by atoms with Gasteiger partial charge in [0.2, 0.25) is 5.89 Å². The number of carbonyl (C=O) groups excluding carboxylic acids is 1. The van der Waals surface area contributed by atoms with Crippen molar-refractivity contribution in [1.29, 1.82) is 0 Å². The number of rotatable bonds is 5. The first kappa shape index (κ1) is 17.8. The van der Waals surface area contributed by atoms with E-state index in [2.05, 4.69) is 29.9 Å². The van der Waals surface area contributed by atoms with Gasteiger partial charge in [0.05, 0.1) is 6.54 Å². The molecular formula is C20H28N6O2. The Kier molecular flexibility index (Phi) is 4.88. The molecule has 2 aromatic heterocycles. The van der Waals surface area contributed by atoms with Crippen LogP contribution in [0.1, 0.15) is 78.9 Å². The van der Waals surface area contributed by atoms with Gasteiger partial charge in [-0.1, -0.05) is 24.4 Å². The molecular weight excluding hydrogens is 356 g/mol. The maximum Gasteiger partial charge on any atom is 0.271 e. The Morgan fingerprint density at radius 1 is 1.11 bits per heavy atom. The van der Waals surface area contributed by atoms with Crippen molar-refractivity contribution in [1.82, 2.24) is 29.9 Å². The number of hydrogen-bond acceptors (Lipinski definition) is 6. The Morgan fingerprint density at radius 3 is 2.75 bits per heavy atom. The third-order valence-electron chi connectivity index (χ3n) is 6.53. The van der Waals surface area contributed by atoms with Crippen molar-refractivity contribution >= 4 is 5.91 Å². The molecule has 1 N–H and O–H groups in total. The fourth-order valence-electron chi connectivity index (χ4n) is 4.59. The summed E-state index contributed by atoms with van der Waals surface area (Å²) in [6, 6.07) is 0.743. The molecule has 2 saturated carbocycles. The average molecular weight is 384 g/mol. The minimum Gasteiger partial charge on any atom is -0.343 e. The minimum absolute atomic E-state index is 0.178. The Morgan fingerprint density at radius 2 is 1.96 bits per heavy atom. The van der Waals surface area contributed by atoms with Crippen LogP contribution in [0.5, 0.6) is 0 Å². The monoisotopic (exact) mass is 384 g/mol. The maximum atomic E-state index is 12.5. The molecule has 5 rings (SSSR count). The summed E-state index contributed by atoms with van der Waals surface area (Å²) in [5.74, 6) is 2.48. The molecule has 0 saturated heterocycles. The van der Waals surface area contributed by atoms with Gasteiger partial charge >= 0.3 is 0 Å². The first-order valence-electron chi connectivity index (χ1n) is 10.7. The second kappa shape index (κ2) is 7.66. The second-order valence-electron chi connectivity index (χ2n) is 8.32. The van der Waals surface area contributed by atoms with Crippen LogP contribution in [0, 0.1) is 0 Å². The molecule has 8 heteroatoms. The fourth-order valence-corrected chi connectivity index (χ4v) is 4.59. The van der Waals surface area contributed by atoms with E-state index in [1.165, 1.54) is 32.1 Å². The Balaban J connectivity index is 1.17. The molecule has 2 fully saturated rings. The van der Waals surface area contributed by atoms with Gasteiger partial charge in [0.1, 0.15) is 11.5 Å². The SMILES string of the molecule is O=C(NCc1noc(C2CCC2)n1)c1cn2c(n1)CCN(C1CCCC1)CC2. The van der Waals surface area contributed by atoms with E-state index in [1.54, 1.807) is 0 Å². The van der Waals surface area contributed by atoms with Gasteiger partial charge in [-0.2, -0.15) is 4.98 Å². The minimum atomic E-state index is -0.178. The van der Waals surface area contributed by atoms with Crippen molar-refractivity contribution in [2.75, 3.05) is 13.1 Å². The first-order valence-corrected chi connectivity index (χ1v) is 10.7. The van der Waals surface area contributed by atoms with E-state index in [1.807, 2.05) is 6.20 Å². The van der Waals surface area contributed by atoms with Crippen LogP contribution in [0.25, 0.3) is 0 Å². The van der Waals surface area contributed by atoms with E-state index in [0.717, 1.165) is 50.8 Å². The highest BCUT2D eigenvalue weighted by Crippen LogP contribution is 2.35. The summed E-state index contributed by atoms with van der Waals surface area (Å²) in [6.07, 6.45) is 11.6. The van der Waals surface area contributed by atoms with Gasteiger partial charge < -0.3 is 14.4 Å². The number of nitrogens with zero attached hydrogens (tertiary/aromatic N) is 5. The van der Waals surface area contributed by atoms with Gasteiger partial charge in [-0.05, 0) is 25.7 Å². The lowest BCUT2D eigenvalue weighted by Gasteiger charge is -2.26. The first-order chi connectivity index (χ1) is 13.8. The van der Waals surface area contributed by atoms with Crippen molar-refractivity contribution in [3.8, 4) is 0 Å². The van der Waals surface area contributed by atoms with Gasteiger partial charge in [0.15, 0.2) is 5.82 Å². The van der Waals surface area contributed by atoms with Crippen LogP contribution >= 0.6 is 0 Å². The standard InChI is InChI=1S/C20H28N6O2/c27-19(21-12-17-23-20(28-24-17)14-4-3-5-14)16-13-26-11-10-25(9-8-18(26)22-16)15-6-1-2-7-15/h13-15H,1-12H2,(H,21,27). The van der Waals surface area contributed by atoms with Gasteiger partial charge in [-0.15, -0.1) is 0 Å². The molecule has 0 spiro atoms. The van der Waals surface area contributed by atoms with Crippen LogP contribution < -0.4 is 5.32 Å². The summed E-state index contributed by atoms with van der Waals surface area (Å²) in [7, 11) is 0. The van der Waals surface area contributed by atoms with Crippen molar-refractivity contribution in [3.63, 3.8) is 0 Å². The molecule has 0 bridgehead atoms. The second-order valence-corrected chi connectivity index (χ2v) is 8.32. The molecule has 2 aromatic rings. The zero-order valence-electron chi connectivity index (χ0n) is 16.3. The Labute approximate surface area is 164 Å². The number of nitrogens with one attached hydrogen (secondary N) is 1. The van der Waals surface area contributed by atoms with Gasteiger partial charge in [0.25, 0.3) is 5.91 Å².